The molecule has 0 bridgehead atoms. The van der Waals surface area contributed by atoms with Crippen LogP contribution in [0.4, 0.5) is 5.69 Å². The molecule has 5 heteroatoms. The Hall–Kier alpha value is -0.260. The molecular weight excluding hydrogens is 360 g/mol. The average Bonchev–Trinajstić information content (AvgIpc) is 2.39. The molecule has 3 nitrogen and oxygen atoms in total. The van der Waals surface area contributed by atoms with Crippen LogP contribution in [0.15, 0.2) is 21.1 Å². The minimum atomic E-state index is 0.650. The summed E-state index contributed by atoms with van der Waals surface area (Å²) in [5.41, 5.74) is 1.21. The summed E-state index contributed by atoms with van der Waals surface area (Å²) in [6.45, 7) is 2.16. The summed E-state index contributed by atoms with van der Waals surface area (Å²) in [5.74, 6) is 0.879. The van der Waals surface area contributed by atoms with Crippen LogP contribution in [0.5, 0.6) is 5.75 Å². The zero-order valence-corrected chi connectivity index (χ0v) is 13.8. The largest absolute Gasteiger partial charge is 0.495 e. The second-order valence-electron chi connectivity index (χ2n) is 4.49. The summed E-state index contributed by atoms with van der Waals surface area (Å²) in [6.07, 6.45) is 2.36. The number of hydrogen-bond acceptors (Lipinski definition) is 3. The lowest BCUT2D eigenvalue weighted by Gasteiger charge is -2.34. The summed E-state index contributed by atoms with van der Waals surface area (Å²) in [4.78, 5) is 2.41. The molecule has 1 fully saturated rings. The second-order valence-corrected chi connectivity index (χ2v) is 6.20. The first-order chi connectivity index (χ1) is 8.65. The first kappa shape index (κ1) is 14.2. The van der Waals surface area contributed by atoms with Crippen molar-refractivity contribution in [2.75, 3.05) is 32.1 Å². The van der Waals surface area contributed by atoms with E-state index in [-0.39, 0.29) is 0 Å². The molecule has 1 aliphatic rings. The Bertz CT molecular complexity index is 418. The van der Waals surface area contributed by atoms with E-state index in [0.717, 1.165) is 27.8 Å². The van der Waals surface area contributed by atoms with E-state index in [4.69, 9.17) is 4.74 Å². The molecular formula is C13H18Br2N2O. The van der Waals surface area contributed by atoms with Gasteiger partial charge in [0.05, 0.1) is 17.3 Å². The van der Waals surface area contributed by atoms with E-state index in [1.54, 1.807) is 7.11 Å². The molecule has 1 saturated heterocycles. The average molecular weight is 378 g/mol. The Balaban J connectivity index is 2.18. The van der Waals surface area contributed by atoms with Gasteiger partial charge in [-0.2, -0.15) is 0 Å². The highest BCUT2D eigenvalue weighted by atomic mass is 79.9. The Kier molecular flexibility index (Phi) is 4.92. The molecule has 100 valence electrons. The van der Waals surface area contributed by atoms with Crippen molar-refractivity contribution >= 4 is 37.5 Å². The fourth-order valence-corrected chi connectivity index (χ4v) is 3.73. The van der Waals surface area contributed by atoms with Gasteiger partial charge in [-0.3, -0.25) is 0 Å². The highest BCUT2D eigenvalue weighted by Gasteiger charge is 2.20. The first-order valence-electron chi connectivity index (χ1n) is 6.11. The van der Waals surface area contributed by atoms with Crippen LogP contribution in [-0.4, -0.2) is 33.3 Å². The highest BCUT2D eigenvalue weighted by molar-refractivity contribution is 9.11. The van der Waals surface area contributed by atoms with Crippen molar-refractivity contribution < 1.29 is 4.74 Å². The number of anilines is 1. The molecule has 0 aromatic heterocycles. The van der Waals surface area contributed by atoms with Gasteiger partial charge in [0.25, 0.3) is 0 Å². The molecule has 18 heavy (non-hydrogen) atoms. The van der Waals surface area contributed by atoms with E-state index in [2.05, 4.69) is 54.2 Å². The summed E-state index contributed by atoms with van der Waals surface area (Å²) in [5, 5.41) is 3.35. The minimum absolute atomic E-state index is 0.650. The molecule has 0 amide bonds. The normalized spacial score (nSPS) is 17.0. The predicted octanol–water partition coefficient (Wildman–Crippen LogP) is 3.41. The van der Waals surface area contributed by atoms with Crippen LogP contribution in [0.3, 0.4) is 0 Å². The van der Waals surface area contributed by atoms with E-state index in [1.165, 1.54) is 18.5 Å². The third-order valence-electron chi connectivity index (χ3n) is 3.47. The molecule has 1 N–H and O–H groups in total. The van der Waals surface area contributed by atoms with E-state index in [1.807, 2.05) is 7.05 Å². The topological polar surface area (TPSA) is 24.5 Å². The number of nitrogens with one attached hydrogen (secondary N) is 1. The Morgan fingerprint density at radius 2 is 1.89 bits per heavy atom. The predicted molar refractivity (Wildman–Crippen MR) is 82.7 cm³/mol. The zero-order valence-electron chi connectivity index (χ0n) is 10.7. The summed E-state index contributed by atoms with van der Waals surface area (Å²) >= 11 is 7.14. The fourth-order valence-electron chi connectivity index (χ4n) is 2.33. The smallest absolute Gasteiger partial charge is 0.135 e. The highest BCUT2D eigenvalue weighted by Crippen LogP contribution is 2.37. The second kappa shape index (κ2) is 6.26. The summed E-state index contributed by atoms with van der Waals surface area (Å²) < 4.78 is 7.45. The maximum atomic E-state index is 5.37. The van der Waals surface area contributed by atoms with Crippen LogP contribution >= 0.6 is 31.9 Å². The maximum Gasteiger partial charge on any atom is 0.135 e. The summed E-state index contributed by atoms with van der Waals surface area (Å²) in [7, 11) is 3.74. The van der Waals surface area contributed by atoms with Crippen molar-refractivity contribution in [2.24, 2.45) is 0 Å². The molecule has 0 atom stereocenters. The molecule has 1 heterocycles. The van der Waals surface area contributed by atoms with Gasteiger partial charge in [-0.25, -0.2) is 0 Å². The molecule has 0 aliphatic carbocycles. The quantitative estimate of drug-likeness (QED) is 0.873. The number of methoxy groups -OCH3 is 1. The van der Waals surface area contributed by atoms with E-state index in [0.29, 0.717) is 6.04 Å². The van der Waals surface area contributed by atoms with Crippen LogP contribution in [0.2, 0.25) is 0 Å². The molecule has 1 aromatic carbocycles. The fraction of sp³-hybridized carbons (Fsp3) is 0.538. The standard InChI is InChI=1S/C13H18Br2N2O/c1-16-9-3-5-17(6-4-9)12-8-13(18-2)11(15)7-10(12)14/h7-9,16H,3-6H2,1-2H3. The van der Waals surface area contributed by atoms with Gasteiger partial charge in [0.1, 0.15) is 5.75 Å². The van der Waals surface area contributed by atoms with Gasteiger partial charge in [0, 0.05) is 29.7 Å². The molecule has 0 radical (unpaired) electrons. The molecule has 1 aromatic rings. The Morgan fingerprint density at radius 3 is 2.44 bits per heavy atom. The molecule has 1 aliphatic heterocycles. The lowest BCUT2D eigenvalue weighted by atomic mass is 10.0. The van der Waals surface area contributed by atoms with Gasteiger partial charge >= 0.3 is 0 Å². The van der Waals surface area contributed by atoms with Crippen LogP contribution < -0.4 is 15.0 Å². The van der Waals surface area contributed by atoms with E-state index >= 15 is 0 Å². The Labute approximate surface area is 125 Å². The van der Waals surface area contributed by atoms with Gasteiger partial charge in [-0.15, -0.1) is 0 Å². The van der Waals surface area contributed by atoms with Crippen molar-refractivity contribution in [3.05, 3.63) is 21.1 Å². The monoisotopic (exact) mass is 376 g/mol. The number of nitrogens with zero attached hydrogens (tertiary/aromatic N) is 1. The van der Waals surface area contributed by atoms with Crippen LogP contribution in [-0.2, 0) is 0 Å². The van der Waals surface area contributed by atoms with Gasteiger partial charge in [-0.05, 0) is 57.8 Å². The van der Waals surface area contributed by atoms with E-state index < -0.39 is 0 Å². The van der Waals surface area contributed by atoms with Crippen molar-refractivity contribution in [3.8, 4) is 5.75 Å². The molecule has 2 rings (SSSR count). The lowest BCUT2D eigenvalue weighted by Crippen LogP contribution is -2.41. The Morgan fingerprint density at radius 1 is 1.22 bits per heavy atom. The molecule has 0 spiro atoms. The van der Waals surface area contributed by atoms with Gasteiger partial charge in [0.2, 0.25) is 0 Å². The molecule has 0 saturated carbocycles. The van der Waals surface area contributed by atoms with Gasteiger partial charge in [-0.1, -0.05) is 0 Å². The number of benzene rings is 1. The molecule has 0 unspecified atom stereocenters. The number of rotatable bonds is 3. The number of ether oxygens (including phenoxy) is 1. The van der Waals surface area contributed by atoms with Crippen molar-refractivity contribution in [1.82, 2.24) is 5.32 Å². The third kappa shape index (κ3) is 3.00. The SMILES string of the molecule is CNC1CCN(c2cc(OC)c(Br)cc2Br)CC1. The first-order valence-corrected chi connectivity index (χ1v) is 7.69. The third-order valence-corrected chi connectivity index (χ3v) is 4.72. The zero-order chi connectivity index (χ0) is 13.1. The van der Waals surface area contributed by atoms with E-state index in [9.17, 15) is 0 Å². The minimum Gasteiger partial charge on any atom is -0.495 e. The van der Waals surface area contributed by atoms with Gasteiger partial charge in [0.15, 0.2) is 0 Å². The van der Waals surface area contributed by atoms with Crippen molar-refractivity contribution in [2.45, 2.75) is 18.9 Å². The number of hydrogen-bond donors (Lipinski definition) is 1. The number of halogens is 2. The van der Waals surface area contributed by atoms with Crippen molar-refractivity contribution in [3.63, 3.8) is 0 Å². The van der Waals surface area contributed by atoms with Crippen LogP contribution in [0.25, 0.3) is 0 Å². The maximum absolute atomic E-state index is 5.37. The van der Waals surface area contributed by atoms with Crippen LogP contribution in [0.1, 0.15) is 12.8 Å². The lowest BCUT2D eigenvalue weighted by molar-refractivity contribution is 0.411. The summed E-state index contributed by atoms with van der Waals surface area (Å²) in [6, 6.07) is 4.80. The number of piperidine rings is 1. The van der Waals surface area contributed by atoms with Gasteiger partial charge < -0.3 is 15.0 Å². The van der Waals surface area contributed by atoms with Crippen molar-refractivity contribution in [1.29, 1.82) is 0 Å². The van der Waals surface area contributed by atoms with Crippen LogP contribution in [0, 0.1) is 0 Å².